The first-order valence-electron chi connectivity index (χ1n) is 13.2. The number of H-pyrrole nitrogens is 3. The Morgan fingerprint density at radius 2 is 1.49 bits per heavy atom. The number of aliphatic carboxylic acids is 1. The summed E-state index contributed by atoms with van der Waals surface area (Å²) in [7, 11) is 0. The van der Waals surface area contributed by atoms with Crippen LogP contribution in [-0.4, -0.2) is 69.7 Å². The van der Waals surface area contributed by atoms with Gasteiger partial charge < -0.3 is 26.5 Å². The van der Waals surface area contributed by atoms with Crippen LogP contribution in [0.25, 0.3) is 10.9 Å². The van der Waals surface area contributed by atoms with Crippen molar-refractivity contribution in [1.29, 1.82) is 0 Å². The van der Waals surface area contributed by atoms with Crippen molar-refractivity contribution in [3.8, 4) is 0 Å². The average molecular weight is 626 g/mol. The Kier molecular flexibility index (Phi) is 9.22. The molecule has 4 aromatic rings. The van der Waals surface area contributed by atoms with E-state index in [0.29, 0.717) is 4.57 Å². The van der Waals surface area contributed by atoms with E-state index in [2.05, 4.69) is 20.6 Å². The Bertz CT molecular complexity index is 2150. The number of carbonyl (C=O) groups excluding carboxylic acids is 2. The summed E-state index contributed by atoms with van der Waals surface area (Å²) in [5.74, 6) is -3.83. The number of rotatable bonds is 11. The third kappa shape index (κ3) is 7.28. The molecule has 0 fully saturated rings. The second-order valence-electron chi connectivity index (χ2n) is 9.94. The lowest BCUT2D eigenvalue weighted by Crippen LogP contribution is -2.58. The quantitative estimate of drug-likeness (QED) is 0.0833. The number of carbonyl (C=O) groups is 3. The van der Waals surface area contributed by atoms with Crippen LogP contribution in [0.1, 0.15) is 5.56 Å². The number of aromatic nitrogens is 6. The summed E-state index contributed by atoms with van der Waals surface area (Å²) in [6.45, 7) is -0.479. The molecule has 45 heavy (non-hydrogen) atoms. The highest BCUT2D eigenvalue weighted by molar-refractivity contribution is 5.91. The molecule has 0 saturated heterocycles. The molecular weight excluding hydrogens is 598 g/mol. The molecular formula is C26H27N9O10. The fourth-order valence-corrected chi connectivity index (χ4v) is 4.31. The maximum absolute atomic E-state index is 13.4. The van der Waals surface area contributed by atoms with Gasteiger partial charge in [0.15, 0.2) is 0 Å². The second-order valence-corrected chi connectivity index (χ2v) is 9.94. The van der Waals surface area contributed by atoms with E-state index in [1.165, 1.54) is 31.3 Å². The molecule has 0 bridgehead atoms. The van der Waals surface area contributed by atoms with E-state index < -0.39 is 89.3 Å². The van der Waals surface area contributed by atoms with Crippen LogP contribution in [0, 0.1) is 6.92 Å². The van der Waals surface area contributed by atoms with Gasteiger partial charge in [0.2, 0.25) is 11.8 Å². The van der Waals surface area contributed by atoms with E-state index in [4.69, 9.17) is 5.73 Å². The molecule has 4 rings (SSSR count). The van der Waals surface area contributed by atoms with Crippen LogP contribution in [0.3, 0.4) is 0 Å². The summed E-state index contributed by atoms with van der Waals surface area (Å²) in [5, 5.41) is 14.2. The standard InChI is InChI=1S/C26H27N9O10/c1-12-8-34(25(44)32-19(12)37)9-14(27)20(38)28-16(11-35-22(40)13-4-2-3-5-15(13)30-26(35)45)21(39)29-17(23(41)42)10-33-7-6-18(36)31-24(33)43/h2-8,14,16-17H,9-11,27H2,1H3,(H,28,38)(H,29,39)(H,30,45)(H,41,42)(H,31,36,43)(H,32,37,44)/t14-,16-,17-/m1/s1. The summed E-state index contributed by atoms with van der Waals surface area (Å²) in [5.41, 5.74) is 1.35. The van der Waals surface area contributed by atoms with E-state index >= 15 is 0 Å². The van der Waals surface area contributed by atoms with Crippen molar-refractivity contribution < 1.29 is 19.5 Å². The van der Waals surface area contributed by atoms with Crippen LogP contribution in [0.4, 0.5) is 0 Å². The lowest BCUT2D eigenvalue weighted by atomic mass is 10.2. The maximum Gasteiger partial charge on any atom is 0.328 e. The molecule has 0 saturated carbocycles. The SMILES string of the molecule is Cc1cn(C[C@@H](N)C(=O)N[C@H](Cn2c(=O)[nH]c3ccccc3c2=O)C(=O)N[C@H](Cn2ccc(=O)[nH]c2=O)C(=O)O)c(=O)[nH]c1=O. The Morgan fingerprint density at radius 3 is 2.18 bits per heavy atom. The molecule has 19 nitrogen and oxygen atoms in total. The fourth-order valence-electron chi connectivity index (χ4n) is 4.31. The predicted octanol–water partition coefficient (Wildman–Crippen LogP) is -4.52. The van der Waals surface area contributed by atoms with Crippen LogP contribution in [-0.2, 0) is 34.0 Å². The van der Waals surface area contributed by atoms with Crippen LogP contribution < -0.4 is 50.1 Å². The van der Waals surface area contributed by atoms with Crippen molar-refractivity contribution in [2.45, 2.75) is 44.7 Å². The zero-order valence-electron chi connectivity index (χ0n) is 23.4. The van der Waals surface area contributed by atoms with Crippen molar-refractivity contribution in [1.82, 2.24) is 39.3 Å². The number of fused-ring (bicyclic) bond motifs is 1. The van der Waals surface area contributed by atoms with Crippen LogP contribution >= 0.6 is 0 Å². The molecule has 8 N–H and O–H groups in total. The number of nitrogens with one attached hydrogen (secondary N) is 5. The summed E-state index contributed by atoms with van der Waals surface area (Å²) in [6, 6.07) is 1.88. The van der Waals surface area contributed by atoms with Gasteiger partial charge in [0.1, 0.15) is 18.1 Å². The average Bonchev–Trinajstić information content (AvgIpc) is 2.97. The molecule has 2 amide bonds. The minimum absolute atomic E-state index is 0.0768. The fraction of sp³-hybridized carbons (Fsp3) is 0.269. The van der Waals surface area contributed by atoms with Gasteiger partial charge in [-0.3, -0.25) is 47.6 Å². The van der Waals surface area contributed by atoms with Gasteiger partial charge in [-0.25, -0.2) is 19.2 Å². The topological polar surface area (TPSA) is 286 Å². The van der Waals surface area contributed by atoms with Crippen LogP contribution in [0.2, 0.25) is 0 Å². The number of aromatic amines is 3. The molecule has 0 aliphatic rings. The van der Waals surface area contributed by atoms with E-state index in [9.17, 15) is 48.3 Å². The van der Waals surface area contributed by atoms with Crippen molar-refractivity contribution in [2.75, 3.05) is 0 Å². The van der Waals surface area contributed by atoms with Gasteiger partial charge in [0, 0.05) is 24.0 Å². The molecule has 3 atom stereocenters. The van der Waals surface area contributed by atoms with Crippen LogP contribution in [0.15, 0.2) is 71.5 Å². The molecule has 0 aliphatic heterocycles. The minimum Gasteiger partial charge on any atom is -0.480 e. The molecule has 0 spiro atoms. The van der Waals surface area contributed by atoms with Crippen LogP contribution in [0.5, 0.6) is 0 Å². The number of hydrogen-bond acceptors (Lipinski definition) is 10. The van der Waals surface area contributed by atoms with E-state index in [1.54, 1.807) is 6.07 Å². The summed E-state index contributed by atoms with van der Waals surface area (Å²) >= 11 is 0. The second kappa shape index (κ2) is 13.0. The summed E-state index contributed by atoms with van der Waals surface area (Å²) in [4.78, 5) is 118. The molecule has 19 heteroatoms. The number of carboxylic acid groups (broad SMARTS) is 1. The number of aryl methyl sites for hydroxylation is 1. The lowest BCUT2D eigenvalue weighted by Gasteiger charge is -2.24. The van der Waals surface area contributed by atoms with Gasteiger partial charge in [-0.05, 0) is 19.1 Å². The molecule has 0 radical (unpaired) electrons. The molecule has 0 unspecified atom stereocenters. The summed E-state index contributed by atoms with van der Waals surface area (Å²) < 4.78 is 2.39. The number of hydrogen-bond donors (Lipinski definition) is 7. The smallest absolute Gasteiger partial charge is 0.328 e. The molecule has 3 aromatic heterocycles. The van der Waals surface area contributed by atoms with E-state index in [1.807, 2.05) is 4.98 Å². The van der Waals surface area contributed by atoms with Gasteiger partial charge in [-0.2, -0.15) is 0 Å². The Hall–Kier alpha value is -6.11. The maximum atomic E-state index is 13.4. The van der Waals surface area contributed by atoms with Gasteiger partial charge in [-0.1, -0.05) is 12.1 Å². The monoisotopic (exact) mass is 625 g/mol. The van der Waals surface area contributed by atoms with Gasteiger partial charge in [0.25, 0.3) is 16.7 Å². The highest BCUT2D eigenvalue weighted by Gasteiger charge is 2.30. The Labute approximate surface area is 249 Å². The number of amides is 2. The zero-order chi connectivity index (χ0) is 33.0. The summed E-state index contributed by atoms with van der Waals surface area (Å²) in [6.07, 6.45) is 2.18. The van der Waals surface area contributed by atoms with Gasteiger partial charge >= 0.3 is 23.0 Å². The number of para-hydroxylation sites is 1. The van der Waals surface area contributed by atoms with Gasteiger partial charge in [0.05, 0.1) is 30.5 Å². The Balaban J connectivity index is 1.65. The highest BCUT2D eigenvalue weighted by Crippen LogP contribution is 2.04. The van der Waals surface area contributed by atoms with Crippen molar-refractivity contribution in [3.63, 3.8) is 0 Å². The molecule has 3 heterocycles. The molecule has 1 aromatic carbocycles. The predicted molar refractivity (Wildman–Crippen MR) is 156 cm³/mol. The van der Waals surface area contributed by atoms with E-state index in [-0.39, 0.29) is 16.5 Å². The lowest BCUT2D eigenvalue weighted by molar-refractivity contribution is -0.142. The Morgan fingerprint density at radius 1 is 0.822 bits per heavy atom. The number of nitrogens with zero attached hydrogens (tertiary/aromatic N) is 3. The number of benzene rings is 1. The van der Waals surface area contributed by atoms with Crippen molar-refractivity contribution in [2.24, 2.45) is 5.73 Å². The normalized spacial score (nSPS) is 13.1. The zero-order valence-corrected chi connectivity index (χ0v) is 23.4. The highest BCUT2D eigenvalue weighted by atomic mass is 16.4. The first-order chi connectivity index (χ1) is 21.2. The van der Waals surface area contributed by atoms with Gasteiger partial charge in [-0.15, -0.1) is 0 Å². The molecule has 236 valence electrons. The first-order valence-corrected chi connectivity index (χ1v) is 13.2. The first kappa shape index (κ1) is 31.8. The third-order valence-electron chi connectivity index (χ3n) is 6.70. The number of nitrogens with two attached hydrogens (primary N) is 1. The molecule has 0 aliphatic carbocycles. The van der Waals surface area contributed by atoms with Crippen molar-refractivity contribution >= 4 is 28.7 Å². The van der Waals surface area contributed by atoms with Crippen molar-refractivity contribution in [3.05, 3.63) is 111 Å². The number of carboxylic acids is 1. The minimum atomic E-state index is -1.79. The largest absolute Gasteiger partial charge is 0.480 e. The third-order valence-corrected chi connectivity index (χ3v) is 6.70. The van der Waals surface area contributed by atoms with E-state index in [0.717, 1.165) is 21.4 Å².